The summed E-state index contributed by atoms with van der Waals surface area (Å²) in [6.45, 7) is 3.03. The van der Waals surface area contributed by atoms with Gasteiger partial charge in [0, 0.05) is 6.42 Å². The molecule has 1 aliphatic heterocycles. The van der Waals surface area contributed by atoms with Gasteiger partial charge in [0.1, 0.15) is 11.0 Å². The van der Waals surface area contributed by atoms with Crippen LogP contribution in [0.3, 0.4) is 0 Å². The van der Waals surface area contributed by atoms with Gasteiger partial charge in [0.25, 0.3) is 0 Å². The van der Waals surface area contributed by atoms with Gasteiger partial charge < -0.3 is 14.8 Å². The molecule has 1 fully saturated rings. The third kappa shape index (κ3) is 3.50. The molecule has 0 aliphatic carbocycles. The summed E-state index contributed by atoms with van der Waals surface area (Å²) in [6, 6.07) is 7.67. The van der Waals surface area contributed by atoms with E-state index in [-0.39, 0.29) is 11.2 Å². The predicted octanol–water partition coefficient (Wildman–Crippen LogP) is 3.09. The first-order valence-corrected chi connectivity index (χ1v) is 8.61. The van der Waals surface area contributed by atoms with Crippen LogP contribution in [0.2, 0.25) is 0 Å². The number of aromatic nitrogens is 2. The van der Waals surface area contributed by atoms with Crippen molar-refractivity contribution in [1.82, 2.24) is 10.2 Å². The van der Waals surface area contributed by atoms with Crippen LogP contribution in [0.1, 0.15) is 13.3 Å². The number of anilines is 2. The van der Waals surface area contributed by atoms with Crippen LogP contribution in [-0.2, 0) is 9.53 Å². The van der Waals surface area contributed by atoms with Crippen molar-refractivity contribution in [3.05, 3.63) is 24.3 Å². The fraction of sp³-hybridized carbons (Fsp3) is 0.357. The van der Waals surface area contributed by atoms with E-state index in [0.29, 0.717) is 18.3 Å². The summed E-state index contributed by atoms with van der Waals surface area (Å²) in [5.41, 5.74) is 0.845. The summed E-state index contributed by atoms with van der Waals surface area (Å²) in [7, 11) is 0. The maximum absolute atomic E-state index is 11.5. The summed E-state index contributed by atoms with van der Waals surface area (Å²) in [5, 5.41) is 11.9. The number of cyclic esters (lactones) is 1. The molecular formula is C14H15N3O3S2. The maximum atomic E-state index is 11.5. The Labute approximate surface area is 136 Å². The number of hydrogen-bond donors (Lipinski definition) is 1. The third-order valence-corrected chi connectivity index (χ3v) is 5.13. The van der Waals surface area contributed by atoms with Crippen LogP contribution in [0.25, 0.3) is 0 Å². The van der Waals surface area contributed by atoms with Crippen LogP contribution < -0.4 is 10.1 Å². The summed E-state index contributed by atoms with van der Waals surface area (Å²) >= 11 is 2.81. The molecule has 1 N–H and O–H groups in total. The van der Waals surface area contributed by atoms with Crippen LogP contribution in [0, 0.1) is 0 Å². The van der Waals surface area contributed by atoms with Crippen molar-refractivity contribution in [3.8, 4) is 5.75 Å². The number of carbonyl (C=O) groups is 1. The molecule has 1 aromatic heterocycles. The lowest BCUT2D eigenvalue weighted by atomic mass is 10.3. The number of hydrogen-bond acceptors (Lipinski definition) is 8. The second-order valence-corrected chi connectivity index (χ2v) is 6.92. The number of thioether (sulfide) groups is 1. The summed E-state index contributed by atoms with van der Waals surface area (Å²) in [4.78, 5) is 11.5. The molecule has 3 rings (SSSR count). The molecule has 1 aromatic carbocycles. The fourth-order valence-electron chi connectivity index (χ4n) is 1.98. The van der Waals surface area contributed by atoms with Gasteiger partial charge in [0.05, 0.1) is 18.9 Å². The van der Waals surface area contributed by atoms with Gasteiger partial charge in [0.15, 0.2) is 4.34 Å². The second kappa shape index (κ2) is 6.97. The Morgan fingerprint density at radius 2 is 2.32 bits per heavy atom. The van der Waals surface area contributed by atoms with Crippen LogP contribution >= 0.6 is 23.1 Å². The molecule has 116 valence electrons. The monoisotopic (exact) mass is 337 g/mol. The fourth-order valence-corrected chi connectivity index (χ4v) is 3.96. The zero-order valence-corrected chi connectivity index (χ0v) is 13.6. The highest BCUT2D eigenvalue weighted by molar-refractivity contribution is 8.02. The molecule has 0 radical (unpaired) electrons. The number of nitrogens with one attached hydrogen (secondary N) is 1. The van der Waals surface area contributed by atoms with E-state index in [1.54, 1.807) is 0 Å². The van der Waals surface area contributed by atoms with Gasteiger partial charge in [-0.15, -0.1) is 10.2 Å². The van der Waals surface area contributed by atoms with E-state index in [0.717, 1.165) is 22.2 Å². The predicted molar refractivity (Wildman–Crippen MR) is 86.0 cm³/mol. The van der Waals surface area contributed by atoms with Gasteiger partial charge in [-0.2, -0.15) is 0 Å². The number of para-hydroxylation sites is 2. The molecule has 22 heavy (non-hydrogen) atoms. The Morgan fingerprint density at radius 3 is 3.09 bits per heavy atom. The number of rotatable bonds is 6. The van der Waals surface area contributed by atoms with E-state index >= 15 is 0 Å². The molecule has 0 spiro atoms. The number of nitrogens with zero attached hydrogens (tertiary/aromatic N) is 2. The highest BCUT2D eigenvalue weighted by atomic mass is 32.2. The van der Waals surface area contributed by atoms with Crippen molar-refractivity contribution in [2.45, 2.75) is 22.9 Å². The smallest absolute Gasteiger partial charge is 0.319 e. The van der Waals surface area contributed by atoms with E-state index in [9.17, 15) is 4.79 Å². The van der Waals surface area contributed by atoms with Crippen molar-refractivity contribution in [1.29, 1.82) is 0 Å². The normalized spacial score (nSPS) is 17.3. The summed E-state index contributed by atoms with van der Waals surface area (Å²) < 4.78 is 11.3. The van der Waals surface area contributed by atoms with E-state index in [4.69, 9.17) is 9.47 Å². The van der Waals surface area contributed by atoms with E-state index in [1.165, 1.54) is 23.1 Å². The minimum Gasteiger partial charge on any atom is -0.492 e. The molecule has 0 saturated carbocycles. The minimum atomic E-state index is -0.170. The summed E-state index contributed by atoms with van der Waals surface area (Å²) in [5.74, 6) is 0.602. The zero-order valence-electron chi connectivity index (χ0n) is 11.9. The lowest BCUT2D eigenvalue weighted by Crippen LogP contribution is -2.08. The lowest BCUT2D eigenvalue weighted by molar-refractivity contribution is -0.137. The molecule has 0 bridgehead atoms. The van der Waals surface area contributed by atoms with E-state index in [1.807, 2.05) is 31.2 Å². The third-order valence-electron chi connectivity index (χ3n) is 2.97. The molecule has 1 unspecified atom stereocenters. The van der Waals surface area contributed by atoms with Crippen molar-refractivity contribution in [3.63, 3.8) is 0 Å². The first-order chi connectivity index (χ1) is 10.8. The Kier molecular flexibility index (Phi) is 4.79. The topological polar surface area (TPSA) is 73.3 Å². The van der Waals surface area contributed by atoms with Crippen LogP contribution in [0.5, 0.6) is 5.75 Å². The molecule has 2 heterocycles. The highest BCUT2D eigenvalue weighted by Gasteiger charge is 2.28. The van der Waals surface area contributed by atoms with Crippen molar-refractivity contribution < 1.29 is 14.3 Å². The molecule has 0 amide bonds. The largest absolute Gasteiger partial charge is 0.492 e. The molecule has 8 heteroatoms. The van der Waals surface area contributed by atoms with Gasteiger partial charge in [0.2, 0.25) is 5.13 Å². The molecule has 1 atom stereocenters. The van der Waals surface area contributed by atoms with E-state index < -0.39 is 0 Å². The first kappa shape index (κ1) is 15.1. The molecular weight excluding hydrogens is 322 g/mol. The van der Waals surface area contributed by atoms with Gasteiger partial charge in [-0.3, -0.25) is 4.79 Å². The van der Waals surface area contributed by atoms with Gasteiger partial charge >= 0.3 is 5.97 Å². The van der Waals surface area contributed by atoms with Gasteiger partial charge in [-0.25, -0.2) is 0 Å². The highest BCUT2D eigenvalue weighted by Crippen LogP contribution is 2.35. The Bertz CT molecular complexity index is 662. The van der Waals surface area contributed by atoms with Gasteiger partial charge in [-0.05, 0) is 19.1 Å². The molecule has 1 saturated heterocycles. The SMILES string of the molecule is CCOc1ccccc1Nc1nnc(SC2CCOC2=O)s1. The van der Waals surface area contributed by atoms with Gasteiger partial charge in [-0.1, -0.05) is 35.2 Å². The average Bonchev–Trinajstić information content (AvgIpc) is 3.12. The molecule has 6 nitrogen and oxygen atoms in total. The van der Waals surface area contributed by atoms with Crippen molar-refractivity contribution in [2.24, 2.45) is 0 Å². The van der Waals surface area contributed by atoms with Crippen LogP contribution in [0.4, 0.5) is 10.8 Å². The van der Waals surface area contributed by atoms with Crippen LogP contribution in [0.15, 0.2) is 28.6 Å². The lowest BCUT2D eigenvalue weighted by Gasteiger charge is -2.09. The number of carbonyl (C=O) groups excluding carboxylic acids is 1. The molecule has 2 aromatic rings. The average molecular weight is 337 g/mol. The quantitative estimate of drug-likeness (QED) is 0.812. The van der Waals surface area contributed by atoms with Crippen LogP contribution in [-0.4, -0.2) is 34.6 Å². The number of ether oxygens (including phenoxy) is 2. The Hall–Kier alpha value is -1.80. The number of esters is 1. The Morgan fingerprint density at radius 1 is 1.45 bits per heavy atom. The van der Waals surface area contributed by atoms with Crippen molar-refractivity contribution in [2.75, 3.05) is 18.5 Å². The van der Waals surface area contributed by atoms with E-state index in [2.05, 4.69) is 15.5 Å². The van der Waals surface area contributed by atoms with Crippen molar-refractivity contribution >= 4 is 39.9 Å². The molecule has 1 aliphatic rings. The maximum Gasteiger partial charge on any atom is 0.319 e. The zero-order chi connectivity index (χ0) is 15.4. The number of benzene rings is 1. The standard InChI is InChI=1S/C14H15N3O3S2/c1-2-19-10-6-4-3-5-9(10)15-13-16-17-14(22-13)21-11-7-8-20-12(11)18/h3-6,11H,2,7-8H2,1H3,(H,15,16). The summed E-state index contributed by atoms with van der Waals surface area (Å²) in [6.07, 6.45) is 0.721. The minimum absolute atomic E-state index is 0.170. The Balaban J connectivity index is 1.68. The first-order valence-electron chi connectivity index (χ1n) is 6.92. The second-order valence-electron chi connectivity index (χ2n) is 4.49.